The zero-order chi connectivity index (χ0) is 14.7. The second-order valence-corrected chi connectivity index (χ2v) is 6.73. The standard InChI is InChI=1S/C14H17ClN4OS/c1-10-17-18-14(21-10)19-7-3-4-11(8-19)9-20-13-12(15)5-2-6-16-13/h2,5-6,11H,3-4,7-9H2,1H3. The lowest BCUT2D eigenvalue weighted by Gasteiger charge is -2.31. The van der Waals surface area contributed by atoms with E-state index >= 15 is 0 Å². The fraction of sp³-hybridized carbons (Fsp3) is 0.500. The van der Waals surface area contributed by atoms with Gasteiger partial charge in [-0.25, -0.2) is 4.98 Å². The van der Waals surface area contributed by atoms with Gasteiger partial charge in [-0.2, -0.15) is 0 Å². The maximum atomic E-state index is 6.05. The summed E-state index contributed by atoms with van der Waals surface area (Å²) in [6.07, 6.45) is 3.99. The molecule has 21 heavy (non-hydrogen) atoms. The topological polar surface area (TPSA) is 51.1 Å². The summed E-state index contributed by atoms with van der Waals surface area (Å²) in [5.74, 6) is 0.976. The Balaban J connectivity index is 1.58. The molecule has 1 unspecified atom stereocenters. The molecule has 1 fully saturated rings. The molecule has 1 saturated heterocycles. The lowest BCUT2D eigenvalue weighted by Crippen LogP contribution is -2.37. The van der Waals surface area contributed by atoms with E-state index in [2.05, 4.69) is 20.1 Å². The van der Waals surface area contributed by atoms with Gasteiger partial charge < -0.3 is 9.64 Å². The van der Waals surface area contributed by atoms with Crippen molar-refractivity contribution < 1.29 is 4.74 Å². The quantitative estimate of drug-likeness (QED) is 0.864. The molecule has 2 aromatic rings. The van der Waals surface area contributed by atoms with Gasteiger partial charge in [0.1, 0.15) is 10.0 Å². The van der Waals surface area contributed by atoms with Crippen molar-refractivity contribution in [2.24, 2.45) is 5.92 Å². The smallest absolute Gasteiger partial charge is 0.232 e. The molecule has 3 rings (SSSR count). The third kappa shape index (κ3) is 3.63. The summed E-state index contributed by atoms with van der Waals surface area (Å²) in [6, 6.07) is 3.59. The fourth-order valence-corrected chi connectivity index (χ4v) is 3.36. The van der Waals surface area contributed by atoms with Crippen molar-refractivity contribution in [2.45, 2.75) is 19.8 Å². The summed E-state index contributed by atoms with van der Waals surface area (Å²) < 4.78 is 5.76. The molecular weight excluding hydrogens is 308 g/mol. The summed E-state index contributed by atoms with van der Waals surface area (Å²) in [6.45, 7) is 4.59. The number of ether oxygens (including phenoxy) is 1. The van der Waals surface area contributed by atoms with Gasteiger partial charge >= 0.3 is 0 Å². The van der Waals surface area contributed by atoms with Gasteiger partial charge in [-0.15, -0.1) is 10.2 Å². The number of rotatable bonds is 4. The van der Waals surface area contributed by atoms with Gasteiger partial charge in [0.2, 0.25) is 11.0 Å². The molecule has 0 aromatic carbocycles. The number of piperidine rings is 1. The summed E-state index contributed by atoms with van der Waals surface area (Å²) in [5.41, 5.74) is 0. The number of anilines is 1. The van der Waals surface area contributed by atoms with E-state index in [9.17, 15) is 0 Å². The lowest BCUT2D eigenvalue weighted by atomic mass is 9.99. The van der Waals surface area contributed by atoms with Crippen molar-refractivity contribution in [3.05, 3.63) is 28.4 Å². The zero-order valence-electron chi connectivity index (χ0n) is 11.8. The molecule has 3 heterocycles. The zero-order valence-corrected chi connectivity index (χ0v) is 13.4. The number of hydrogen-bond donors (Lipinski definition) is 0. The van der Waals surface area contributed by atoms with Crippen LogP contribution in [0.2, 0.25) is 5.02 Å². The van der Waals surface area contributed by atoms with Crippen LogP contribution in [0.5, 0.6) is 5.88 Å². The van der Waals surface area contributed by atoms with Crippen molar-refractivity contribution in [1.82, 2.24) is 15.2 Å². The van der Waals surface area contributed by atoms with Crippen LogP contribution in [-0.2, 0) is 0 Å². The van der Waals surface area contributed by atoms with E-state index in [0.29, 0.717) is 23.4 Å². The Morgan fingerprint density at radius 1 is 1.48 bits per heavy atom. The summed E-state index contributed by atoms with van der Waals surface area (Å²) in [5, 5.41) is 10.9. The first-order valence-electron chi connectivity index (χ1n) is 7.01. The highest BCUT2D eigenvalue weighted by Crippen LogP contribution is 2.27. The minimum Gasteiger partial charge on any atom is -0.476 e. The van der Waals surface area contributed by atoms with Crippen LogP contribution in [-0.4, -0.2) is 34.9 Å². The van der Waals surface area contributed by atoms with Gasteiger partial charge in [-0.05, 0) is 31.9 Å². The number of hydrogen-bond acceptors (Lipinski definition) is 6. The summed E-state index contributed by atoms with van der Waals surface area (Å²) in [7, 11) is 0. The van der Waals surface area contributed by atoms with E-state index < -0.39 is 0 Å². The Labute approximate surface area is 132 Å². The molecule has 7 heteroatoms. The Bertz CT molecular complexity index is 606. The first kappa shape index (κ1) is 14.5. The van der Waals surface area contributed by atoms with Gasteiger partial charge in [0.25, 0.3) is 0 Å². The highest BCUT2D eigenvalue weighted by molar-refractivity contribution is 7.15. The van der Waals surface area contributed by atoms with Crippen molar-refractivity contribution >= 4 is 28.1 Å². The summed E-state index contributed by atoms with van der Waals surface area (Å²) in [4.78, 5) is 6.45. The number of halogens is 1. The predicted molar refractivity (Wildman–Crippen MR) is 84.3 cm³/mol. The molecule has 1 atom stereocenters. The molecule has 0 bridgehead atoms. The minimum atomic E-state index is 0.459. The molecule has 0 amide bonds. The molecule has 0 saturated carbocycles. The van der Waals surface area contributed by atoms with Crippen molar-refractivity contribution in [2.75, 3.05) is 24.6 Å². The Morgan fingerprint density at radius 3 is 3.14 bits per heavy atom. The van der Waals surface area contributed by atoms with E-state index in [4.69, 9.17) is 16.3 Å². The first-order valence-corrected chi connectivity index (χ1v) is 8.20. The van der Waals surface area contributed by atoms with Crippen LogP contribution in [0, 0.1) is 12.8 Å². The lowest BCUT2D eigenvalue weighted by molar-refractivity contribution is 0.222. The predicted octanol–water partition coefficient (Wildman–Crippen LogP) is 3.19. The average Bonchev–Trinajstić information content (AvgIpc) is 2.93. The van der Waals surface area contributed by atoms with Crippen LogP contribution < -0.4 is 9.64 Å². The van der Waals surface area contributed by atoms with Crippen molar-refractivity contribution in [3.63, 3.8) is 0 Å². The van der Waals surface area contributed by atoms with Crippen LogP contribution in [0.1, 0.15) is 17.8 Å². The van der Waals surface area contributed by atoms with E-state index in [0.717, 1.165) is 36.1 Å². The van der Waals surface area contributed by atoms with Crippen LogP contribution in [0.3, 0.4) is 0 Å². The normalized spacial score (nSPS) is 18.8. The second-order valence-electron chi connectivity index (χ2n) is 5.16. The number of nitrogens with zero attached hydrogens (tertiary/aromatic N) is 4. The van der Waals surface area contributed by atoms with Gasteiger partial charge in [-0.3, -0.25) is 0 Å². The van der Waals surface area contributed by atoms with Gasteiger partial charge in [0, 0.05) is 25.2 Å². The molecule has 1 aliphatic rings. The minimum absolute atomic E-state index is 0.459. The van der Waals surface area contributed by atoms with E-state index in [1.807, 2.05) is 6.92 Å². The third-order valence-corrected chi connectivity index (χ3v) is 4.67. The number of aryl methyl sites for hydroxylation is 1. The van der Waals surface area contributed by atoms with Crippen molar-refractivity contribution in [1.29, 1.82) is 0 Å². The fourth-order valence-electron chi connectivity index (χ4n) is 2.46. The maximum absolute atomic E-state index is 6.05. The highest BCUT2D eigenvalue weighted by atomic mass is 35.5. The Hall–Kier alpha value is -1.40. The molecular formula is C14H17ClN4OS. The van der Waals surface area contributed by atoms with Gasteiger partial charge in [0.05, 0.1) is 6.61 Å². The molecule has 1 aliphatic heterocycles. The third-order valence-electron chi connectivity index (χ3n) is 3.49. The molecule has 0 radical (unpaired) electrons. The largest absolute Gasteiger partial charge is 0.476 e. The highest BCUT2D eigenvalue weighted by Gasteiger charge is 2.23. The van der Waals surface area contributed by atoms with Crippen LogP contribution in [0.15, 0.2) is 18.3 Å². The molecule has 0 aliphatic carbocycles. The van der Waals surface area contributed by atoms with E-state index in [-0.39, 0.29) is 0 Å². The van der Waals surface area contributed by atoms with Crippen LogP contribution in [0.4, 0.5) is 5.13 Å². The Kier molecular flexibility index (Phi) is 4.55. The van der Waals surface area contributed by atoms with Gasteiger partial charge in [0.15, 0.2) is 0 Å². The molecule has 0 spiro atoms. The van der Waals surface area contributed by atoms with E-state index in [1.165, 1.54) is 0 Å². The van der Waals surface area contributed by atoms with Crippen LogP contribution >= 0.6 is 22.9 Å². The van der Waals surface area contributed by atoms with Crippen molar-refractivity contribution in [3.8, 4) is 5.88 Å². The summed E-state index contributed by atoms with van der Waals surface area (Å²) >= 11 is 7.70. The number of aromatic nitrogens is 3. The first-order chi connectivity index (χ1) is 10.2. The van der Waals surface area contributed by atoms with Crippen LogP contribution in [0.25, 0.3) is 0 Å². The maximum Gasteiger partial charge on any atom is 0.232 e. The molecule has 5 nitrogen and oxygen atoms in total. The van der Waals surface area contributed by atoms with E-state index in [1.54, 1.807) is 29.7 Å². The second kappa shape index (κ2) is 6.58. The average molecular weight is 325 g/mol. The van der Waals surface area contributed by atoms with Gasteiger partial charge in [-0.1, -0.05) is 22.9 Å². The SMILES string of the molecule is Cc1nnc(N2CCCC(COc3ncccc3Cl)C2)s1. The molecule has 0 N–H and O–H groups in total. The molecule has 2 aromatic heterocycles. The monoisotopic (exact) mass is 324 g/mol. The Morgan fingerprint density at radius 2 is 2.38 bits per heavy atom. The molecule has 112 valence electrons. The number of pyridine rings is 1.